The number of morpholine rings is 1. The van der Waals surface area contributed by atoms with Crippen LogP contribution < -0.4 is 4.74 Å². The van der Waals surface area contributed by atoms with E-state index in [9.17, 15) is 18.4 Å². The molecule has 1 fully saturated rings. The van der Waals surface area contributed by atoms with Gasteiger partial charge >= 0.3 is 12.1 Å². The van der Waals surface area contributed by atoms with Crippen molar-refractivity contribution in [2.75, 3.05) is 19.7 Å². The number of carbonyl (C=O) groups excluding carboxylic acids is 2. The number of amides is 1. The summed E-state index contributed by atoms with van der Waals surface area (Å²) >= 11 is 0. The first-order valence-electron chi connectivity index (χ1n) is 12.5. The van der Waals surface area contributed by atoms with Crippen molar-refractivity contribution in [3.05, 3.63) is 58.4 Å². The van der Waals surface area contributed by atoms with Gasteiger partial charge in [-0.2, -0.15) is 0 Å². The third-order valence-corrected chi connectivity index (χ3v) is 5.24. The Kier molecular flexibility index (Phi) is 9.18. The third kappa shape index (κ3) is 8.93. The van der Waals surface area contributed by atoms with Crippen LogP contribution in [0.15, 0.2) is 24.4 Å². The maximum Gasteiger partial charge on any atom is 0.410 e. The molecule has 0 N–H and O–H groups in total. The highest BCUT2D eigenvalue weighted by Gasteiger charge is 2.27. The van der Waals surface area contributed by atoms with Gasteiger partial charge in [0.2, 0.25) is 0 Å². The van der Waals surface area contributed by atoms with Gasteiger partial charge in [0, 0.05) is 24.5 Å². The maximum atomic E-state index is 14.8. The molecule has 8 nitrogen and oxygen atoms in total. The Balaban J connectivity index is 1.74. The van der Waals surface area contributed by atoms with Crippen molar-refractivity contribution in [2.24, 2.45) is 0 Å². The van der Waals surface area contributed by atoms with E-state index in [1.165, 1.54) is 11.1 Å². The number of benzene rings is 1. The molecule has 1 aromatic carbocycles. The van der Waals surface area contributed by atoms with Crippen LogP contribution in [0.3, 0.4) is 0 Å². The summed E-state index contributed by atoms with van der Waals surface area (Å²) in [6.07, 6.45) is 0.473. The van der Waals surface area contributed by atoms with Gasteiger partial charge in [-0.1, -0.05) is 11.8 Å². The number of ether oxygens (including phenoxy) is 4. The Morgan fingerprint density at radius 1 is 1.08 bits per heavy atom. The molecule has 0 radical (unpaired) electrons. The summed E-state index contributed by atoms with van der Waals surface area (Å²) in [5.74, 6) is 3.47. The van der Waals surface area contributed by atoms with Gasteiger partial charge in [-0.15, -0.1) is 0 Å². The molecule has 1 atom stereocenters. The zero-order chi connectivity index (χ0) is 29.0. The number of carbonyl (C=O) groups is 2. The van der Waals surface area contributed by atoms with Crippen LogP contribution in [0.5, 0.6) is 5.75 Å². The lowest BCUT2D eigenvalue weighted by Gasteiger charge is -2.32. The number of aromatic nitrogens is 1. The highest BCUT2D eigenvalue weighted by molar-refractivity contribution is 5.89. The molecule has 2 aromatic rings. The molecule has 39 heavy (non-hydrogen) atoms. The summed E-state index contributed by atoms with van der Waals surface area (Å²) in [6, 6.07) is 3.44. The van der Waals surface area contributed by atoms with Crippen molar-refractivity contribution in [1.82, 2.24) is 9.88 Å². The van der Waals surface area contributed by atoms with E-state index in [2.05, 4.69) is 16.8 Å². The van der Waals surface area contributed by atoms with E-state index >= 15 is 0 Å². The predicted molar refractivity (Wildman–Crippen MR) is 139 cm³/mol. The summed E-state index contributed by atoms with van der Waals surface area (Å²) in [5.41, 5.74) is -1.02. The van der Waals surface area contributed by atoms with Crippen molar-refractivity contribution in [1.29, 1.82) is 0 Å². The highest BCUT2D eigenvalue weighted by Crippen LogP contribution is 2.23. The molecule has 1 amide bonds. The van der Waals surface area contributed by atoms with Crippen LogP contribution in [0.2, 0.25) is 0 Å². The number of esters is 1. The zero-order valence-electron chi connectivity index (χ0n) is 23.3. The molecule has 2 heterocycles. The van der Waals surface area contributed by atoms with Gasteiger partial charge in [-0.05, 0) is 60.6 Å². The third-order valence-electron chi connectivity index (χ3n) is 5.24. The molecule has 1 unspecified atom stereocenters. The van der Waals surface area contributed by atoms with Gasteiger partial charge in [-0.3, -0.25) is 4.98 Å². The number of aryl methyl sites for hydroxylation is 1. The minimum Gasteiger partial charge on any atom is -0.487 e. The van der Waals surface area contributed by atoms with Gasteiger partial charge < -0.3 is 23.8 Å². The van der Waals surface area contributed by atoms with E-state index < -0.39 is 47.6 Å². The molecule has 0 spiro atoms. The van der Waals surface area contributed by atoms with E-state index in [0.717, 1.165) is 12.1 Å². The van der Waals surface area contributed by atoms with Crippen LogP contribution in [0.4, 0.5) is 13.6 Å². The summed E-state index contributed by atoms with van der Waals surface area (Å²) in [6.45, 7) is 12.6. The number of hydrogen-bond acceptors (Lipinski definition) is 7. The second-order valence-electron chi connectivity index (χ2n) is 11.1. The Labute approximate surface area is 227 Å². The van der Waals surface area contributed by atoms with E-state index in [4.69, 9.17) is 18.9 Å². The van der Waals surface area contributed by atoms with E-state index in [1.807, 2.05) is 0 Å². The monoisotopic (exact) mass is 544 g/mol. The lowest BCUT2D eigenvalue weighted by molar-refractivity contribution is -0.0236. The summed E-state index contributed by atoms with van der Waals surface area (Å²) in [5, 5.41) is 0. The fourth-order valence-electron chi connectivity index (χ4n) is 3.48. The minimum atomic E-state index is -0.938. The number of hydrogen-bond donors (Lipinski definition) is 0. The molecule has 10 heteroatoms. The van der Waals surface area contributed by atoms with E-state index in [0.29, 0.717) is 24.4 Å². The Morgan fingerprint density at radius 3 is 2.33 bits per heavy atom. The normalized spacial score (nSPS) is 15.7. The van der Waals surface area contributed by atoms with Crippen LogP contribution in [0.25, 0.3) is 0 Å². The number of nitrogens with zero attached hydrogens (tertiary/aromatic N) is 2. The second kappa shape index (κ2) is 12.0. The molecule has 1 saturated heterocycles. The molecule has 0 aliphatic carbocycles. The molecule has 210 valence electrons. The number of halogens is 2. The largest absolute Gasteiger partial charge is 0.487 e. The first kappa shape index (κ1) is 29.8. The van der Waals surface area contributed by atoms with Gasteiger partial charge in [0.15, 0.2) is 0 Å². The summed E-state index contributed by atoms with van der Waals surface area (Å²) < 4.78 is 51.5. The number of pyridine rings is 1. The fourth-order valence-corrected chi connectivity index (χ4v) is 3.48. The van der Waals surface area contributed by atoms with Crippen molar-refractivity contribution in [3.8, 4) is 17.6 Å². The Bertz CT molecular complexity index is 1260. The Hall–Kier alpha value is -3.71. The molecule has 1 aliphatic rings. The van der Waals surface area contributed by atoms with Crippen LogP contribution in [0.1, 0.15) is 68.7 Å². The molecular formula is C29H34F2N2O6. The highest BCUT2D eigenvalue weighted by atomic mass is 19.1. The lowest BCUT2D eigenvalue weighted by Crippen LogP contribution is -2.47. The molecular weight excluding hydrogens is 510 g/mol. The smallest absolute Gasteiger partial charge is 0.410 e. The van der Waals surface area contributed by atoms with Crippen molar-refractivity contribution in [2.45, 2.75) is 72.4 Å². The zero-order valence-corrected chi connectivity index (χ0v) is 23.3. The van der Waals surface area contributed by atoms with Crippen LogP contribution in [-0.4, -0.2) is 58.9 Å². The van der Waals surface area contributed by atoms with Gasteiger partial charge in [-0.25, -0.2) is 18.4 Å². The number of rotatable bonds is 4. The van der Waals surface area contributed by atoms with Crippen molar-refractivity contribution < 1.29 is 37.3 Å². The average Bonchev–Trinajstić information content (AvgIpc) is 2.81. The topological polar surface area (TPSA) is 87.2 Å². The quantitative estimate of drug-likeness (QED) is 0.387. The molecule has 1 aliphatic heterocycles. The molecule has 1 aromatic heterocycles. The van der Waals surface area contributed by atoms with Gasteiger partial charge in [0.1, 0.15) is 41.3 Å². The first-order chi connectivity index (χ1) is 18.1. The predicted octanol–water partition coefficient (Wildman–Crippen LogP) is 5.19. The second-order valence-corrected chi connectivity index (χ2v) is 11.1. The van der Waals surface area contributed by atoms with Crippen molar-refractivity contribution in [3.63, 3.8) is 0 Å². The standard InChI is InChI=1S/C29H34F2N2O6/c1-18-12-25(37-17-22-23(30)13-20(14-24(22)31)26(34)38-28(2,3)4)19(15-32-18)8-9-21-16-33(10-11-36-21)27(35)39-29(5,6)7/h12-15,21H,10-11,16-17H2,1-7H3. The van der Waals surface area contributed by atoms with Gasteiger partial charge in [0.05, 0.1) is 29.8 Å². The first-order valence-corrected chi connectivity index (χ1v) is 12.5. The van der Waals surface area contributed by atoms with Crippen LogP contribution in [0, 0.1) is 30.4 Å². The maximum absolute atomic E-state index is 14.8. The molecule has 0 bridgehead atoms. The van der Waals surface area contributed by atoms with Crippen LogP contribution in [-0.2, 0) is 20.8 Å². The van der Waals surface area contributed by atoms with E-state index in [1.54, 1.807) is 54.5 Å². The fraction of sp³-hybridized carbons (Fsp3) is 0.483. The van der Waals surface area contributed by atoms with Crippen molar-refractivity contribution >= 4 is 12.1 Å². The lowest BCUT2D eigenvalue weighted by atomic mass is 10.1. The average molecular weight is 545 g/mol. The Morgan fingerprint density at radius 2 is 1.72 bits per heavy atom. The summed E-state index contributed by atoms with van der Waals surface area (Å²) in [7, 11) is 0. The molecule has 3 rings (SSSR count). The van der Waals surface area contributed by atoms with Crippen LogP contribution >= 0.6 is 0 Å². The minimum absolute atomic E-state index is 0.220. The van der Waals surface area contributed by atoms with E-state index in [-0.39, 0.29) is 23.4 Å². The molecule has 0 saturated carbocycles. The summed E-state index contributed by atoms with van der Waals surface area (Å²) in [4.78, 5) is 30.4. The van der Waals surface area contributed by atoms with Gasteiger partial charge in [0.25, 0.3) is 0 Å². The SMILES string of the molecule is Cc1cc(OCc2c(F)cc(C(=O)OC(C)(C)C)cc2F)c(C#CC2CN(C(=O)OC(C)(C)C)CCO2)cn1.